The van der Waals surface area contributed by atoms with Crippen molar-refractivity contribution in [3.63, 3.8) is 0 Å². The molecule has 0 saturated heterocycles. The van der Waals surface area contributed by atoms with Crippen LogP contribution in [0.2, 0.25) is 0 Å². The Bertz CT molecular complexity index is 1080. The maximum absolute atomic E-state index is 4.73. The Morgan fingerprint density at radius 1 is 1.20 bits per heavy atom. The summed E-state index contributed by atoms with van der Waals surface area (Å²) in [6, 6.07) is 7.88. The molecule has 4 aromatic heterocycles. The Labute approximate surface area is 151 Å². The predicted molar refractivity (Wildman–Crippen MR) is 104 cm³/mol. The van der Waals surface area contributed by atoms with Crippen molar-refractivity contribution in [1.29, 1.82) is 0 Å². The second-order valence-electron chi connectivity index (χ2n) is 5.05. The van der Waals surface area contributed by atoms with E-state index >= 15 is 0 Å². The molecule has 0 aliphatic carbocycles. The van der Waals surface area contributed by atoms with Crippen molar-refractivity contribution >= 4 is 45.3 Å². The van der Waals surface area contributed by atoms with E-state index in [0.717, 1.165) is 31.4 Å². The minimum absolute atomic E-state index is 0.516. The second kappa shape index (κ2) is 6.58. The molecule has 0 radical (unpaired) electrons. The molecular weight excluding hydrogens is 352 g/mol. The molecule has 25 heavy (non-hydrogen) atoms. The number of thiophene rings is 1. The zero-order valence-electron chi connectivity index (χ0n) is 13.2. The van der Waals surface area contributed by atoms with Crippen LogP contribution in [0.5, 0.6) is 0 Å². The van der Waals surface area contributed by atoms with Gasteiger partial charge < -0.3 is 0 Å². The normalized spacial score (nSPS) is 11.8. The van der Waals surface area contributed by atoms with Gasteiger partial charge in [0.05, 0.1) is 0 Å². The summed E-state index contributed by atoms with van der Waals surface area (Å²) in [6.45, 7) is 3.60. The maximum atomic E-state index is 4.73. The molecule has 4 aromatic rings. The number of hydrogen-bond acceptors (Lipinski definition) is 7. The van der Waals surface area contributed by atoms with Crippen molar-refractivity contribution in [1.82, 2.24) is 20.2 Å². The van der Waals surface area contributed by atoms with Gasteiger partial charge in [0.1, 0.15) is 16.4 Å². The van der Waals surface area contributed by atoms with Crippen LogP contribution in [0.1, 0.15) is 5.69 Å². The highest BCUT2D eigenvalue weighted by molar-refractivity contribution is 7.18. The molecule has 8 heteroatoms. The van der Waals surface area contributed by atoms with Crippen LogP contribution >= 0.6 is 22.7 Å². The molecule has 0 amide bonds. The van der Waals surface area contributed by atoms with Gasteiger partial charge in [0.25, 0.3) is 0 Å². The quantitative estimate of drug-likeness (QED) is 0.407. The van der Waals surface area contributed by atoms with Gasteiger partial charge in [-0.05, 0) is 36.4 Å². The molecule has 4 rings (SSSR count). The Hall–Kier alpha value is -2.84. The summed E-state index contributed by atoms with van der Waals surface area (Å²) in [5.41, 5.74) is 2.40. The van der Waals surface area contributed by atoms with Gasteiger partial charge in [-0.1, -0.05) is 11.3 Å². The Balaban J connectivity index is 1.85. The summed E-state index contributed by atoms with van der Waals surface area (Å²) in [5.74, 6) is 0.516. The van der Waals surface area contributed by atoms with Gasteiger partial charge in [-0.25, -0.2) is 9.98 Å². The summed E-state index contributed by atoms with van der Waals surface area (Å²) in [4.78, 5) is 17.0. The fraction of sp³-hybridized carbons (Fsp3) is 0.0588. The van der Waals surface area contributed by atoms with Crippen molar-refractivity contribution in [2.24, 2.45) is 9.98 Å². The highest BCUT2D eigenvalue weighted by atomic mass is 32.1. The van der Waals surface area contributed by atoms with Gasteiger partial charge in [-0.15, -0.1) is 21.5 Å². The molecule has 4 heterocycles. The van der Waals surface area contributed by atoms with Crippen LogP contribution in [0.25, 0.3) is 31.4 Å². The largest absolute Gasteiger partial charge is 0.268 e. The summed E-state index contributed by atoms with van der Waals surface area (Å²) in [7, 11) is 1.68. The number of aromatic nitrogens is 4. The molecule has 0 aliphatic heterocycles. The summed E-state index contributed by atoms with van der Waals surface area (Å²) >= 11 is 3.12. The molecule has 0 N–H and O–H groups in total. The number of amidine groups is 1. The fourth-order valence-corrected chi connectivity index (χ4v) is 4.05. The molecule has 0 atom stereocenters. The molecule has 6 nitrogen and oxygen atoms in total. The Morgan fingerprint density at radius 3 is 2.84 bits per heavy atom. The smallest absolute Gasteiger partial charge is 0.173 e. The van der Waals surface area contributed by atoms with Gasteiger partial charge in [0.15, 0.2) is 10.8 Å². The van der Waals surface area contributed by atoms with E-state index in [4.69, 9.17) is 4.98 Å². The minimum Gasteiger partial charge on any atom is -0.268 e. The van der Waals surface area contributed by atoms with Crippen molar-refractivity contribution in [3.05, 3.63) is 47.7 Å². The average Bonchev–Trinajstić information content (AvgIpc) is 3.33. The first-order valence-corrected chi connectivity index (χ1v) is 9.06. The van der Waals surface area contributed by atoms with E-state index < -0.39 is 0 Å². The van der Waals surface area contributed by atoms with E-state index in [1.807, 2.05) is 29.6 Å². The van der Waals surface area contributed by atoms with Gasteiger partial charge in [-0.3, -0.25) is 9.98 Å². The van der Waals surface area contributed by atoms with Gasteiger partial charge in [-0.2, -0.15) is 0 Å². The first-order valence-electron chi connectivity index (χ1n) is 7.36. The second-order valence-corrected chi connectivity index (χ2v) is 6.97. The van der Waals surface area contributed by atoms with E-state index in [2.05, 4.69) is 31.9 Å². The average molecular weight is 364 g/mol. The third kappa shape index (κ3) is 2.86. The van der Waals surface area contributed by atoms with Crippen LogP contribution in [0, 0.1) is 0 Å². The SMILES string of the molecule is C=NC(=NC)c1nc(-c2nnc(-c3cccnc3)s2)cc2sccc12. The van der Waals surface area contributed by atoms with E-state index in [-0.39, 0.29) is 0 Å². The van der Waals surface area contributed by atoms with Gasteiger partial charge >= 0.3 is 0 Å². The molecule has 0 aliphatic rings. The van der Waals surface area contributed by atoms with Crippen molar-refractivity contribution < 1.29 is 0 Å². The molecule has 0 saturated carbocycles. The molecule has 0 spiro atoms. The number of nitrogens with zero attached hydrogens (tertiary/aromatic N) is 6. The minimum atomic E-state index is 0.516. The van der Waals surface area contributed by atoms with E-state index in [1.54, 1.807) is 30.8 Å². The fourth-order valence-electron chi connectivity index (χ4n) is 2.43. The highest BCUT2D eigenvalue weighted by Gasteiger charge is 2.16. The van der Waals surface area contributed by atoms with Crippen LogP contribution in [-0.4, -0.2) is 39.8 Å². The first-order chi connectivity index (χ1) is 12.3. The lowest BCUT2D eigenvalue weighted by Crippen LogP contribution is -2.02. The Kier molecular flexibility index (Phi) is 4.12. The van der Waals surface area contributed by atoms with Crippen LogP contribution in [-0.2, 0) is 0 Å². The summed E-state index contributed by atoms with van der Waals surface area (Å²) in [6.07, 6.45) is 3.51. The zero-order chi connectivity index (χ0) is 17.2. The summed E-state index contributed by atoms with van der Waals surface area (Å²) in [5, 5.41) is 13.2. The molecule has 0 bridgehead atoms. The van der Waals surface area contributed by atoms with Crippen LogP contribution in [0.3, 0.4) is 0 Å². The molecule has 122 valence electrons. The zero-order valence-corrected chi connectivity index (χ0v) is 14.9. The van der Waals surface area contributed by atoms with Gasteiger partial charge in [0.2, 0.25) is 0 Å². The lowest BCUT2D eigenvalue weighted by Gasteiger charge is -2.04. The van der Waals surface area contributed by atoms with Gasteiger partial charge in [0, 0.05) is 35.1 Å². The molecule has 0 unspecified atom stereocenters. The molecule has 0 aromatic carbocycles. The highest BCUT2D eigenvalue weighted by Crippen LogP contribution is 2.32. The van der Waals surface area contributed by atoms with Crippen molar-refractivity contribution in [3.8, 4) is 21.3 Å². The van der Waals surface area contributed by atoms with Crippen LogP contribution in [0.15, 0.2) is 52.0 Å². The number of hydrogen-bond donors (Lipinski definition) is 0. The van der Waals surface area contributed by atoms with Crippen molar-refractivity contribution in [2.45, 2.75) is 0 Å². The third-order valence-electron chi connectivity index (χ3n) is 3.58. The predicted octanol–water partition coefficient (Wildman–Crippen LogP) is 3.95. The Morgan fingerprint density at radius 2 is 2.08 bits per heavy atom. The number of fused-ring (bicyclic) bond motifs is 1. The maximum Gasteiger partial charge on any atom is 0.173 e. The van der Waals surface area contributed by atoms with Crippen molar-refractivity contribution in [2.75, 3.05) is 7.05 Å². The number of pyridine rings is 2. The summed E-state index contributed by atoms with van der Waals surface area (Å²) < 4.78 is 1.10. The lowest BCUT2D eigenvalue weighted by molar-refractivity contribution is 1.09. The first kappa shape index (κ1) is 15.7. The van der Waals surface area contributed by atoms with Crippen LogP contribution < -0.4 is 0 Å². The third-order valence-corrected chi connectivity index (χ3v) is 5.44. The van der Waals surface area contributed by atoms with E-state index in [0.29, 0.717) is 11.5 Å². The molecular formula is C17H12N6S2. The lowest BCUT2D eigenvalue weighted by atomic mass is 10.2. The molecule has 0 fully saturated rings. The van der Waals surface area contributed by atoms with E-state index in [1.165, 1.54) is 11.3 Å². The topological polar surface area (TPSA) is 76.3 Å². The van der Waals surface area contributed by atoms with E-state index in [9.17, 15) is 0 Å². The standard InChI is InChI=1S/C17H12N6S2/c1-18-15(19-2)14-11-5-7-24-13(11)8-12(21-14)17-23-22-16(25-17)10-4-3-6-20-9-10/h3-9H,1H2,2H3. The number of rotatable bonds is 3. The monoisotopic (exact) mass is 364 g/mol. The van der Waals surface area contributed by atoms with Crippen LogP contribution in [0.4, 0.5) is 0 Å². The number of aliphatic imine (C=N–C) groups is 2.